The van der Waals surface area contributed by atoms with Crippen LogP contribution in [0.4, 0.5) is 0 Å². The fraction of sp³-hybridized carbons (Fsp3) is 0. The summed E-state index contributed by atoms with van der Waals surface area (Å²) in [4.78, 5) is 0. The fourth-order valence-corrected chi connectivity index (χ4v) is 8.82. The lowest BCUT2D eigenvalue weighted by molar-refractivity contribution is 1.65. The second-order valence-corrected chi connectivity index (χ2v) is 11.9. The van der Waals surface area contributed by atoms with Crippen LogP contribution in [0.25, 0.3) is 18.2 Å². The average Bonchev–Trinajstić information content (AvgIpc) is 2.95. The Morgan fingerprint density at radius 1 is 0.371 bits per heavy atom. The van der Waals surface area contributed by atoms with E-state index in [0.29, 0.717) is 0 Å². The van der Waals surface area contributed by atoms with Gasteiger partial charge in [0.15, 0.2) is 0 Å². The minimum atomic E-state index is -2.09. The van der Waals surface area contributed by atoms with Gasteiger partial charge in [-0.05, 0) is 65.2 Å². The molecule has 0 fully saturated rings. The van der Waals surface area contributed by atoms with Crippen molar-refractivity contribution >= 4 is 46.7 Å². The Balaban J connectivity index is 1.69. The van der Waals surface area contributed by atoms with E-state index in [4.69, 9.17) is 0 Å². The van der Waals surface area contributed by atoms with Crippen molar-refractivity contribution in [1.29, 1.82) is 0 Å². The molecule has 0 N–H and O–H groups in total. The molecule has 1 heteroatoms. The predicted molar refractivity (Wildman–Crippen MR) is 157 cm³/mol. The van der Waals surface area contributed by atoms with Crippen LogP contribution in [0.2, 0.25) is 0 Å². The van der Waals surface area contributed by atoms with E-state index >= 15 is 0 Å². The predicted octanol–water partition coefficient (Wildman–Crippen LogP) is 7.12. The maximum absolute atomic E-state index is 3.95. The number of hydrogen-bond acceptors (Lipinski definition) is 0. The molecule has 5 rings (SSSR count). The van der Waals surface area contributed by atoms with Crippen molar-refractivity contribution in [3.63, 3.8) is 0 Å². The molecule has 5 aromatic carbocycles. The van der Waals surface area contributed by atoms with Crippen LogP contribution in [-0.2, 0) is 0 Å². The van der Waals surface area contributed by atoms with Crippen LogP contribution in [-0.4, -0.2) is 0 Å². The van der Waals surface area contributed by atoms with Gasteiger partial charge in [-0.15, -0.1) is 0 Å². The summed E-state index contributed by atoms with van der Waals surface area (Å²) >= 11 is 0. The van der Waals surface area contributed by atoms with E-state index in [9.17, 15) is 0 Å². The van der Waals surface area contributed by atoms with Crippen LogP contribution in [0.3, 0.4) is 0 Å². The van der Waals surface area contributed by atoms with Gasteiger partial charge in [-0.1, -0.05) is 116 Å². The van der Waals surface area contributed by atoms with Gasteiger partial charge in [0, 0.05) is 0 Å². The van der Waals surface area contributed by atoms with Gasteiger partial charge in [-0.25, -0.2) is 0 Å². The number of rotatable bonds is 7. The summed E-state index contributed by atoms with van der Waals surface area (Å²) in [6.07, 6.45) is 6.26. The molecular formula is C34H28P+. The third kappa shape index (κ3) is 4.67. The van der Waals surface area contributed by atoms with E-state index in [-0.39, 0.29) is 0 Å². The average molecular weight is 468 g/mol. The zero-order valence-corrected chi connectivity index (χ0v) is 20.6. The standard InChI is InChI=1S/C34H28P/c1-2-28-20-24-33(25-21-28)35(31-14-8-4-9-15-31,32-16-10-5-11-17-32)34-26-22-30(23-27-34)19-18-29-12-6-3-7-13-29/h2-27H,1H2/q+1. The van der Waals surface area contributed by atoms with E-state index < -0.39 is 7.26 Å². The number of benzene rings is 5. The molecule has 0 radical (unpaired) electrons. The summed E-state index contributed by atoms with van der Waals surface area (Å²) in [5, 5.41) is 5.39. The Morgan fingerprint density at radius 2 is 0.714 bits per heavy atom. The van der Waals surface area contributed by atoms with Crippen LogP contribution < -0.4 is 21.2 Å². The molecule has 0 spiro atoms. The zero-order valence-electron chi connectivity index (χ0n) is 19.7. The molecular weight excluding hydrogens is 439 g/mol. The smallest absolute Gasteiger partial charge is 0.0985 e. The minimum Gasteiger partial charge on any atom is -0.0985 e. The molecule has 168 valence electrons. The summed E-state index contributed by atoms with van der Waals surface area (Å²) in [5.41, 5.74) is 3.53. The van der Waals surface area contributed by atoms with Crippen molar-refractivity contribution in [2.24, 2.45) is 0 Å². The van der Waals surface area contributed by atoms with E-state index in [1.807, 2.05) is 12.1 Å². The summed E-state index contributed by atoms with van der Waals surface area (Å²) in [7, 11) is -2.09. The summed E-state index contributed by atoms with van der Waals surface area (Å²) in [5.74, 6) is 0. The third-order valence-electron chi connectivity index (χ3n) is 6.35. The molecule has 0 amide bonds. The molecule has 0 aromatic heterocycles. The Labute approximate surface area is 209 Å². The topological polar surface area (TPSA) is 0 Å². The van der Waals surface area contributed by atoms with Crippen molar-refractivity contribution in [3.8, 4) is 0 Å². The van der Waals surface area contributed by atoms with E-state index in [1.165, 1.54) is 32.3 Å². The molecule has 0 aliphatic carbocycles. The SMILES string of the molecule is C=Cc1ccc([P+](c2ccccc2)(c2ccccc2)c2ccc(C=Cc3ccccc3)cc2)cc1. The summed E-state index contributed by atoms with van der Waals surface area (Å²) < 4.78 is 0. The van der Waals surface area contributed by atoms with Gasteiger partial charge in [-0.2, -0.15) is 0 Å². The van der Waals surface area contributed by atoms with Crippen molar-refractivity contribution < 1.29 is 0 Å². The summed E-state index contributed by atoms with van der Waals surface area (Å²) in [6.45, 7) is 3.95. The van der Waals surface area contributed by atoms with Crippen molar-refractivity contribution in [2.45, 2.75) is 0 Å². The summed E-state index contributed by atoms with van der Waals surface area (Å²) in [6, 6.07) is 50.4. The quantitative estimate of drug-likeness (QED) is 0.177. The zero-order chi connectivity index (χ0) is 23.9. The minimum absolute atomic E-state index is 1.13. The van der Waals surface area contributed by atoms with Crippen molar-refractivity contribution in [1.82, 2.24) is 0 Å². The highest BCUT2D eigenvalue weighted by atomic mass is 31.2. The highest BCUT2D eigenvalue weighted by Crippen LogP contribution is 2.54. The normalized spacial score (nSPS) is 11.4. The first kappa shape index (κ1) is 22.8. The van der Waals surface area contributed by atoms with E-state index in [0.717, 1.165) is 5.56 Å². The molecule has 0 saturated carbocycles. The molecule has 0 bridgehead atoms. The first-order valence-corrected chi connectivity index (χ1v) is 13.7. The molecule has 35 heavy (non-hydrogen) atoms. The van der Waals surface area contributed by atoms with Crippen LogP contribution in [0.15, 0.2) is 146 Å². The molecule has 5 aromatic rings. The van der Waals surface area contributed by atoms with Crippen molar-refractivity contribution in [2.75, 3.05) is 0 Å². The Hall–Kier alpha value is -3.99. The largest absolute Gasteiger partial charge is 0.144 e. The Morgan fingerprint density at radius 3 is 1.14 bits per heavy atom. The highest BCUT2D eigenvalue weighted by molar-refractivity contribution is 8.01. The molecule has 0 unspecified atom stereocenters. The Bertz CT molecular complexity index is 1360. The van der Waals surface area contributed by atoms with E-state index in [2.05, 4.69) is 152 Å². The van der Waals surface area contributed by atoms with Crippen LogP contribution >= 0.6 is 7.26 Å². The Kier molecular flexibility index (Phi) is 6.85. The van der Waals surface area contributed by atoms with Gasteiger partial charge in [-0.3, -0.25) is 0 Å². The van der Waals surface area contributed by atoms with Gasteiger partial charge in [0.05, 0.1) is 0 Å². The van der Waals surface area contributed by atoms with Gasteiger partial charge in [0.25, 0.3) is 0 Å². The van der Waals surface area contributed by atoms with Crippen molar-refractivity contribution in [3.05, 3.63) is 163 Å². The molecule has 0 saturated heterocycles. The molecule has 0 aliphatic rings. The monoisotopic (exact) mass is 467 g/mol. The van der Waals surface area contributed by atoms with Gasteiger partial charge in [0.2, 0.25) is 0 Å². The van der Waals surface area contributed by atoms with Crippen LogP contribution in [0.5, 0.6) is 0 Å². The van der Waals surface area contributed by atoms with Gasteiger partial charge in [0.1, 0.15) is 28.5 Å². The van der Waals surface area contributed by atoms with Crippen LogP contribution in [0, 0.1) is 0 Å². The fourth-order valence-electron chi connectivity index (χ4n) is 4.60. The lowest BCUT2D eigenvalue weighted by Crippen LogP contribution is -2.38. The van der Waals surface area contributed by atoms with Gasteiger partial charge >= 0.3 is 0 Å². The highest BCUT2D eigenvalue weighted by Gasteiger charge is 2.47. The number of hydrogen-bond donors (Lipinski definition) is 0. The maximum atomic E-state index is 3.95. The molecule has 0 aliphatic heterocycles. The molecule has 0 heterocycles. The van der Waals surface area contributed by atoms with Crippen LogP contribution in [0.1, 0.15) is 16.7 Å². The molecule has 0 atom stereocenters. The first-order chi connectivity index (χ1) is 17.3. The lowest BCUT2D eigenvalue weighted by Gasteiger charge is -2.27. The maximum Gasteiger partial charge on any atom is 0.144 e. The lowest BCUT2D eigenvalue weighted by atomic mass is 10.1. The van der Waals surface area contributed by atoms with E-state index in [1.54, 1.807) is 0 Å². The molecule has 0 nitrogen and oxygen atoms in total. The van der Waals surface area contributed by atoms with Gasteiger partial charge < -0.3 is 0 Å². The first-order valence-electron chi connectivity index (χ1n) is 11.9. The second-order valence-electron chi connectivity index (χ2n) is 8.47. The second kappa shape index (κ2) is 10.5. The third-order valence-corrected chi connectivity index (χ3v) is 10.6.